The van der Waals surface area contributed by atoms with Crippen molar-refractivity contribution in [2.45, 2.75) is 6.54 Å². The summed E-state index contributed by atoms with van der Waals surface area (Å²) in [5, 5.41) is 0. The van der Waals surface area contributed by atoms with Crippen LogP contribution in [-0.2, 0) is 11.3 Å². The topological polar surface area (TPSA) is 59.9 Å². The fourth-order valence-corrected chi connectivity index (χ4v) is 1.48. The Morgan fingerprint density at radius 2 is 1.69 bits per heavy atom. The Bertz CT molecular complexity index is 479. The first kappa shape index (κ1) is 10.3. The van der Waals surface area contributed by atoms with Crippen LogP contribution in [0, 0.1) is 0 Å². The van der Waals surface area contributed by atoms with E-state index in [-0.39, 0.29) is 12.5 Å². The number of amides is 1. The van der Waals surface area contributed by atoms with Crippen LogP contribution in [0.15, 0.2) is 49.1 Å². The van der Waals surface area contributed by atoms with E-state index in [1.54, 1.807) is 17.0 Å². The minimum absolute atomic E-state index is 0.205. The Balaban J connectivity index is 2.23. The standard InChI is InChI=1S/C12H11N3O/c13-12(16)9-15-7-3-11(4-8-15)10-1-5-14-6-2-10/h1-8H,9H2,(H-,13,16)/p+1. The highest BCUT2D eigenvalue weighted by Crippen LogP contribution is 2.15. The summed E-state index contributed by atoms with van der Waals surface area (Å²) in [5.74, 6) is -0.346. The van der Waals surface area contributed by atoms with Crippen molar-refractivity contribution < 1.29 is 9.36 Å². The maximum Gasteiger partial charge on any atom is 0.283 e. The highest BCUT2D eigenvalue weighted by Gasteiger charge is 2.05. The lowest BCUT2D eigenvalue weighted by Crippen LogP contribution is -2.39. The number of carbonyl (C=O) groups excluding carboxylic acids is 1. The van der Waals surface area contributed by atoms with Crippen LogP contribution < -0.4 is 10.3 Å². The molecule has 0 aliphatic carbocycles. The van der Waals surface area contributed by atoms with E-state index in [1.165, 1.54) is 0 Å². The van der Waals surface area contributed by atoms with E-state index in [9.17, 15) is 4.79 Å². The van der Waals surface area contributed by atoms with Crippen molar-refractivity contribution >= 4 is 5.91 Å². The molecule has 0 aliphatic heterocycles. The molecular weight excluding hydrogens is 202 g/mol. The molecular formula is C12H12N3O+. The van der Waals surface area contributed by atoms with E-state index in [4.69, 9.17) is 5.73 Å². The predicted octanol–water partition coefficient (Wildman–Crippen LogP) is 0.521. The maximum absolute atomic E-state index is 10.7. The lowest BCUT2D eigenvalue weighted by atomic mass is 10.1. The average molecular weight is 214 g/mol. The molecule has 2 heterocycles. The van der Waals surface area contributed by atoms with E-state index in [1.807, 2.05) is 36.7 Å². The molecule has 1 amide bonds. The quantitative estimate of drug-likeness (QED) is 0.757. The number of hydrogen-bond acceptors (Lipinski definition) is 2. The van der Waals surface area contributed by atoms with Gasteiger partial charge >= 0.3 is 0 Å². The van der Waals surface area contributed by atoms with Gasteiger partial charge in [0.2, 0.25) is 6.54 Å². The van der Waals surface area contributed by atoms with Crippen LogP contribution in [0.5, 0.6) is 0 Å². The molecule has 2 aromatic rings. The minimum Gasteiger partial charge on any atom is -0.364 e. The summed E-state index contributed by atoms with van der Waals surface area (Å²) in [4.78, 5) is 14.7. The molecule has 0 fully saturated rings. The van der Waals surface area contributed by atoms with Gasteiger partial charge in [-0.3, -0.25) is 9.78 Å². The lowest BCUT2D eigenvalue weighted by molar-refractivity contribution is -0.684. The van der Waals surface area contributed by atoms with E-state index in [0.717, 1.165) is 11.1 Å². The van der Waals surface area contributed by atoms with Crippen molar-refractivity contribution in [3.05, 3.63) is 49.1 Å². The third-order valence-corrected chi connectivity index (χ3v) is 2.24. The largest absolute Gasteiger partial charge is 0.364 e. The number of aromatic nitrogens is 2. The number of pyridine rings is 2. The van der Waals surface area contributed by atoms with Crippen LogP contribution in [0.1, 0.15) is 0 Å². The molecule has 2 aromatic heterocycles. The first-order chi connectivity index (χ1) is 7.75. The Morgan fingerprint density at radius 1 is 1.12 bits per heavy atom. The van der Waals surface area contributed by atoms with E-state index >= 15 is 0 Å². The summed E-state index contributed by atoms with van der Waals surface area (Å²) in [6.07, 6.45) is 7.17. The zero-order chi connectivity index (χ0) is 11.4. The number of carbonyl (C=O) groups is 1. The Kier molecular flexibility index (Phi) is 2.91. The van der Waals surface area contributed by atoms with Crippen LogP contribution in [-0.4, -0.2) is 10.9 Å². The highest BCUT2D eigenvalue weighted by atomic mass is 16.1. The number of nitrogens with two attached hydrogens (primary N) is 1. The second-order valence-electron chi connectivity index (χ2n) is 3.46. The van der Waals surface area contributed by atoms with Gasteiger partial charge in [-0.05, 0) is 23.3 Å². The number of rotatable bonds is 3. The monoisotopic (exact) mass is 214 g/mol. The first-order valence-corrected chi connectivity index (χ1v) is 4.93. The molecule has 2 N–H and O–H groups in total. The second-order valence-corrected chi connectivity index (χ2v) is 3.46. The third-order valence-electron chi connectivity index (χ3n) is 2.24. The molecule has 0 aliphatic rings. The Labute approximate surface area is 93.4 Å². The number of hydrogen-bond donors (Lipinski definition) is 1. The molecule has 0 unspecified atom stereocenters. The molecule has 0 aromatic carbocycles. The van der Waals surface area contributed by atoms with Crippen LogP contribution in [0.3, 0.4) is 0 Å². The zero-order valence-corrected chi connectivity index (χ0v) is 8.71. The maximum atomic E-state index is 10.7. The molecule has 0 atom stereocenters. The summed E-state index contributed by atoms with van der Waals surface area (Å²) >= 11 is 0. The summed E-state index contributed by atoms with van der Waals surface area (Å²) in [6.45, 7) is 0.205. The molecule has 4 heteroatoms. The SMILES string of the molecule is NC(=O)C[n+]1ccc(-c2ccncc2)cc1. The van der Waals surface area contributed by atoms with Crippen LogP contribution >= 0.6 is 0 Å². The smallest absolute Gasteiger partial charge is 0.283 e. The molecule has 4 nitrogen and oxygen atoms in total. The molecule has 0 saturated heterocycles. The summed E-state index contributed by atoms with van der Waals surface area (Å²) < 4.78 is 1.74. The normalized spacial score (nSPS) is 10.0. The van der Waals surface area contributed by atoms with Crippen molar-refractivity contribution in [3.63, 3.8) is 0 Å². The van der Waals surface area contributed by atoms with Gasteiger partial charge in [-0.25, -0.2) is 0 Å². The van der Waals surface area contributed by atoms with Crippen LogP contribution in [0.25, 0.3) is 11.1 Å². The molecule has 2 rings (SSSR count). The summed E-state index contributed by atoms with van der Waals surface area (Å²) in [7, 11) is 0. The van der Waals surface area contributed by atoms with E-state index < -0.39 is 0 Å². The predicted molar refractivity (Wildman–Crippen MR) is 59.1 cm³/mol. The van der Waals surface area contributed by atoms with Gasteiger partial charge in [0.25, 0.3) is 5.91 Å². The second kappa shape index (κ2) is 4.53. The number of primary amides is 1. The van der Waals surface area contributed by atoms with E-state index in [0.29, 0.717) is 0 Å². The lowest BCUT2D eigenvalue weighted by Gasteiger charge is -1.99. The minimum atomic E-state index is -0.346. The zero-order valence-electron chi connectivity index (χ0n) is 8.71. The number of nitrogens with zero attached hydrogens (tertiary/aromatic N) is 2. The molecule has 0 radical (unpaired) electrons. The van der Waals surface area contributed by atoms with Gasteiger partial charge in [0.15, 0.2) is 12.4 Å². The molecule has 16 heavy (non-hydrogen) atoms. The molecule has 0 bridgehead atoms. The first-order valence-electron chi connectivity index (χ1n) is 4.93. The van der Waals surface area contributed by atoms with Crippen molar-refractivity contribution in [3.8, 4) is 11.1 Å². The molecule has 80 valence electrons. The highest BCUT2D eigenvalue weighted by molar-refractivity contribution is 5.72. The van der Waals surface area contributed by atoms with Crippen molar-refractivity contribution in [2.24, 2.45) is 5.73 Å². The molecule has 0 spiro atoms. The van der Waals surface area contributed by atoms with Gasteiger partial charge in [0.1, 0.15) is 0 Å². The van der Waals surface area contributed by atoms with Crippen molar-refractivity contribution in [2.75, 3.05) is 0 Å². The third kappa shape index (κ3) is 2.42. The van der Waals surface area contributed by atoms with Gasteiger partial charge in [-0.2, -0.15) is 4.57 Å². The van der Waals surface area contributed by atoms with E-state index in [2.05, 4.69) is 4.98 Å². The summed E-state index contributed by atoms with van der Waals surface area (Å²) in [5.41, 5.74) is 7.29. The van der Waals surface area contributed by atoms with Crippen LogP contribution in [0.2, 0.25) is 0 Å². The fraction of sp³-hybridized carbons (Fsp3) is 0.0833. The van der Waals surface area contributed by atoms with Gasteiger partial charge in [-0.1, -0.05) is 0 Å². The van der Waals surface area contributed by atoms with Gasteiger partial charge in [-0.15, -0.1) is 0 Å². The Morgan fingerprint density at radius 3 is 2.25 bits per heavy atom. The van der Waals surface area contributed by atoms with Gasteiger partial charge in [0, 0.05) is 24.5 Å². The van der Waals surface area contributed by atoms with Crippen molar-refractivity contribution in [1.82, 2.24) is 4.98 Å². The van der Waals surface area contributed by atoms with Crippen LogP contribution in [0.4, 0.5) is 0 Å². The molecule has 0 saturated carbocycles. The fourth-order valence-electron chi connectivity index (χ4n) is 1.48. The average Bonchev–Trinajstić information content (AvgIpc) is 2.30. The van der Waals surface area contributed by atoms with Crippen molar-refractivity contribution in [1.29, 1.82) is 0 Å². The summed E-state index contributed by atoms with van der Waals surface area (Å²) in [6, 6.07) is 7.76. The van der Waals surface area contributed by atoms with Gasteiger partial charge in [0.05, 0.1) is 0 Å². The Hall–Kier alpha value is -2.23. The van der Waals surface area contributed by atoms with Gasteiger partial charge < -0.3 is 5.73 Å².